The van der Waals surface area contributed by atoms with E-state index < -0.39 is 21.2 Å². The van der Waals surface area contributed by atoms with Crippen molar-refractivity contribution >= 4 is 23.5 Å². The first-order chi connectivity index (χ1) is 14.9. The molecule has 0 heterocycles. The number of carbonyl (C=O) groups is 1. The lowest BCUT2D eigenvalue weighted by Gasteiger charge is -2.07. The predicted molar refractivity (Wildman–Crippen MR) is 112 cm³/mol. The smallest absolute Gasteiger partial charge is 0.318 e. The van der Waals surface area contributed by atoms with Crippen LogP contribution in [-0.4, -0.2) is 22.0 Å². The van der Waals surface area contributed by atoms with Crippen LogP contribution in [0, 0.1) is 20.2 Å². The monoisotopic (exact) mass is 420 g/mol. The van der Waals surface area contributed by atoms with Crippen molar-refractivity contribution in [2.24, 2.45) is 5.10 Å². The highest BCUT2D eigenvalue weighted by Crippen LogP contribution is 2.34. The molecule has 0 unspecified atom stereocenters. The number of ether oxygens (including phenoxy) is 1. The van der Waals surface area contributed by atoms with Gasteiger partial charge in [0, 0.05) is 6.07 Å². The summed E-state index contributed by atoms with van der Waals surface area (Å²) in [7, 11) is 0. The van der Waals surface area contributed by atoms with Gasteiger partial charge in [0.25, 0.3) is 5.69 Å². The van der Waals surface area contributed by atoms with Crippen LogP contribution < -0.4 is 10.2 Å². The SMILES string of the molecule is O=C(Cc1ccccc1)NN=Cc1cccc(Oc2ccc([N+](=O)[O-])cc2[N+](=O)[O-])c1. The molecule has 3 aromatic rings. The first-order valence-electron chi connectivity index (χ1n) is 8.99. The number of hydrazone groups is 1. The van der Waals surface area contributed by atoms with Crippen molar-refractivity contribution in [3.05, 3.63) is 104 Å². The average molecular weight is 420 g/mol. The minimum atomic E-state index is -0.754. The molecule has 0 aliphatic rings. The maximum absolute atomic E-state index is 11.9. The molecule has 0 fully saturated rings. The normalized spacial score (nSPS) is 10.6. The first kappa shape index (κ1) is 21.1. The molecule has 31 heavy (non-hydrogen) atoms. The number of nitro groups is 2. The maximum Gasteiger partial charge on any atom is 0.318 e. The Morgan fingerprint density at radius 1 is 0.968 bits per heavy atom. The summed E-state index contributed by atoms with van der Waals surface area (Å²) in [5.41, 5.74) is 2.92. The summed E-state index contributed by atoms with van der Waals surface area (Å²) < 4.78 is 5.54. The molecule has 1 amide bonds. The van der Waals surface area contributed by atoms with E-state index in [0.717, 1.165) is 17.7 Å². The van der Waals surface area contributed by atoms with E-state index >= 15 is 0 Å². The predicted octanol–water partition coefficient (Wildman–Crippen LogP) is 3.99. The number of amides is 1. The van der Waals surface area contributed by atoms with Gasteiger partial charge >= 0.3 is 5.69 Å². The molecule has 0 saturated carbocycles. The number of hydrogen-bond acceptors (Lipinski definition) is 7. The van der Waals surface area contributed by atoms with Crippen molar-refractivity contribution < 1.29 is 19.4 Å². The second kappa shape index (κ2) is 9.74. The average Bonchev–Trinajstić information content (AvgIpc) is 2.74. The Labute approximate surface area is 176 Å². The molecule has 156 valence electrons. The number of hydrogen-bond donors (Lipinski definition) is 1. The number of rotatable bonds is 8. The zero-order valence-electron chi connectivity index (χ0n) is 16.0. The fourth-order valence-corrected chi connectivity index (χ4v) is 2.63. The van der Waals surface area contributed by atoms with Crippen molar-refractivity contribution in [3.63, 3.8) is 0 Å². The molecule has 0 radical (unpaired) electrons. The minimum absolute atomic E-state index is 0.138. The number of nitrogens with zero attached hydrogens (tertiary/aromatic N) is 3. The molecule has 0 aliphatic carbocycles. The maximum atomic E-state index is 11.9. The molecule has 3 aromatic carbocycles. The van der Waals surface area contributed by atoms with Crippen molar-refractivity contribution in [1.29, 1.82) is 0 Å². The van der Waals surface area contributed by atoms with Gasteiger partial charge in [0.2, 0.25) is 11.7 Å². The molecule has 0 aliphatic heterocycles. The van der Waals surface area contributed by atoms with E-state index in [1.54, 1.807) is 24.3 Å². The molecule has 0 atom stereocenters. The Kier molecular flexibility index (Phi) is 6.64. The summed E-state index contributed by atoms with van der Waals surface area (Å²) in [4.78, 5) is 32.5. The van der Waals surface area contributed by atoms with Crippen LogP contribution in [0.2, 0.25) is 0 Å². The van der Waals surface area contributed by atoms with Crippen LogP contribution in [0.25, 0.3) is 0 Å². The van der Waals surface area contributed by atoms with Crippen LogP contribution in [0.4, 0.5) is 11.4 Å². The van der Waals surface area contributed by atoms with Gasteiger partial charge in [0.15, 0.2) is 0 Å². The lowest BCUT2D eigenvalue weighted by atomic mass is 10.1. The van der Waals surface area contributed by atoms with Gasteiger partial charge < -0.3 is 4.74 Å². The molecule has 0 bridgehead atoms. The highest BCUT2D eigenvalue weighted by Gasteiger charge is 2.21. The topological polar surface area (TPSA) is 137 Å². The van der Waals surface area contributed by atoms with E-state index in [1.807, 2.05) is 30.3 Å². The third-order valence-corrected chi connectivity index (χ3v) is 4.05. The summed E-state index contributed by atoms with van der Waals surface area (Å²) in [6, 6.07) is 18.8. The van der Waals surface area contributed by atoms with E-state index in [9.17, 15) is 25.0 Å². The highest BCUT2D eigenvalue weighted by atomic mass is 16.6. The minimum Gasteiger partial charge on any atom is -0.450 e. The van der Waals surface area contributed by atoms with E-state index in [0.29, 0.717) is 5.56 Å². The Morgan fingerprint density at radius 2 is 1.74 bits per heavy atom. The molecular formula is C21H16N4O6. The standard InChI is InChI=1S/C21H16N4O6/c26-21(12-15-5-2-1-3-6-15)23-22-14-16-7-4-8-18(11-16)31-20-10-9-17(24(27)28)13-19(20)25(29)30/h1-11,13-14H,12H2,(H,23,26). The number of nitro benzene ring substituents is 2. The molecule has 1 N–H and O–H groups in total. The van der Waals surface area contributed by atoms with E-state index in [4.69, 9.17) is 4.74 Å². The van der Waals surface area contributed by atoms with Crippen LogP contribution in [0.15, 0.2) is 77.9 Å². The van der Waals surface area contributed by atoms with Crippen LogP contribution in [0.5, 0.6) is 11.5 Å². The fraction of sp³-hybridized carbons (Fsp3) is 0.0476. The lowest BCUT2D eigenvalue weighted by Crippen LogP contribution is -2.19. The molecule has 0 spiro atoms. The van der Waals surface area contributed by atoms with Gasteiger partial charge in [-0.3, -0.25) is 25.0 Å². The molecule has 0 aromatic heterocycles. The third kappa shape index (κ3) is 5.94. The summed E-state index contributed by atoms with van der Waals surface area (Å²) >= 11 is 0. The number of benzene rings is 3. The van der Waals surface area contributed by atoms with Crippen molar-refractivity contribution in [2.75, 3.05) is 0 Å². The summed E-state index contributed by atoms with van der Waals surface area (Å²) in [6.07, 6.45) is 1.59. The zero-order valence-corrected chi connectivity index (χ0v) is 16.0. The van der Waals surface area contributed by atoms with Crippen molar-refractivity contribution in [2.45, 2.75) is 6.42 Å². The number of non-ortho nitro benzene ring substituents is 1. The number of carbonyl (C=O) groups excluding carboxylic acids is 1. The van der Waals surface area contributed by atoms with Crippen LogP contribution >= 0.6 is 0 Å². The quantitative estimate of drug-likeness (QED) is 0.332. The van der Waals surface area contributed by atoms with Gasteiger partial charge in [-0.15, -0.1) is 0 Å². The zero-order chi connectivity index (χ0) is 22.2. The largest absolute Gasteiger partial charge is 0.450 e. The fourth-order valence-electron chi connectivity index (χ4n) is 2.63. The van der Waals surface area contributed by atoms with Gasteiger partial charge in [0.05, 0.1) is 28.5 Å². The van der Waals surface area contributed by atoms with Crippen LogP contribution in [-0.2, 0) is 11.2 Å². The van der Waals surface area contributed by atoms with Crippen LogP contribution in [0.1, 0.15) is 11.1 Å². The van der Waals surface area contributed by atoms with E-state index in [2.05, 4.69) is 10.5 Å². The van der Waals surface area contributed by atoms with Gasteiger partial charge in [-0.2, -0.15) is 5.10 Å². The van der Waals surface area contributed by atoms with Crippen molar-refractivity contribution in [1.82, 2.24) is 5.43 Å². The Hall–Kier alpha value is -4.60. The molecule has 0 saturated heterocycles. The molecule has 10 heteroatoms. The molecule has 10 nitrogen and oxygen atoms in total. The van der Waals surface area contributed by atoms with E-state index in [-0.39, 0.29) is 23.8 Å². The third-order valence-electron chi connectivity index (χ3n) is 4.05. The van der Waals surface area contributed by atoms with Gasteiger partial charge in [-0.25, -0.2) is 5.43 Å². The molecular weight excluding hydrogens is 404 g/mol. The Morgan fingerprint density at radius 3 is 2.45 bits per heavy atom. The second-order valence-corrected chi connectivity index (χ2v) is 6.30. The summed E-state index contributed by atoms with van der Waals surface area (Å²) in [5.74, 6) is -0.159. The summed E-state index contributed by atoms with van der Waals surface area (Å²) in [5, 5.41) is 26.0. The second-order valence-electron chi connectivity index (χ2n) is 6.30. The Balaban J connectivity index is 1.68. The van der Waals surface area contributed by atoms with Gasteiger partial charge in [0.1, 0.15) is 5.75 Å². The van der Waals surface area contributed by atoms with Gasteiger partial charge in [-0.1, -0.05) is 42.5 Å². The lowest BCUT2D eigenvalue weighted by molar-refractivity contribution is -0.394. The number of nitrogens with one attached hydrogen (secondary N) is 1. The first-order valence-corrected chi connectivity index (χ1v) is 8.99. The van der Waals surface area contributed by atoms with Gasteiger partial charge in [-0.05, 0) is 29.3 Å². The highest BCUT2D eigenvalue weighted by molar-refractivity contribution is 5.83. The van der Waals surface area contributed by atoms with E-state index in [1.165, 1.54) is 12.3 Å². The summed E-state index contributed by atoms with van der Waals surface area (Å²) in [6.45, 7) is 0. The van der Waals surface area contributed by atoms with Crippen LogP contribution in [0.3, 0.4) is 0 Å². The van der Waals surface area contributed by atoms with Crippen molar-refractivity contribution in [3.8, 4) is 11.5 Å². The molecule has 3 rings (SSSR count). The Bertz CT molecular complexity index is 1150.